The van der Waals surface area contributed by atoms with Crippen LogP contribution < -0.4 is 16.4 Å². The first kappa shape index (κ1) is 17.9. The van der Waals surface area contributed by atoms with Crippen LogP contribution in [-0.2, 0) is 14.6 Å². The highest BCUT2D eigenvalue weighted by Gasteiger charge is 2.33. The number of primary amides is 1. The molecule has 0 saturated carbocycles. The van der Waals surface area contributed by atoms with Gasteiger partial charge in [-0.3, -0.25) is 9.59 Å². The van der Waals surface area contributed by atoms with Gasteiger partial charge in [0.2, 0.25) is 9.84 Å². The Hall–Kier alpha value is -1.86. The molecule has 134 valence electrons. The number of thiazole rings is 1. The van der Waals surface area contributed by atoms with E-state index in [0.717, 1.165) is 17.4 Å². The van der Waals surface area contributed by atoms with E-state index in [1.54, 1.807) is 0 Å². The molecule has 3 rings (SSSR count). The summed E-state index contributed by atoms with van der Waals surface area (Å²) in [6, 6.07) is 1.16. The Bertz CT molecular complexity index is 885. The average molecular weight is 402 g/mol. The van der Waals surface area contributed by atoms with E-state index in [1.807, 2.05) is 0 Å². The van der Waals surface area contributed by atoms with Crippen molar-refractivity contribution in [2.75, 3.05) is 25.0 Å². The number of nitrogens with two attached hydrogens (primary N) is 1. The molecule has 12 heteroatoms. The molecular weight excluding hydrogens is 388 g/mol. The third-order valence-electron chi connectivity index (χ3n) is 3.39. The van der Waals surface area contributed by atoms with Crippen LogP contribution in [0.1, 0.15) is 20.8 Å². The van der Waals surface area contributed by atoms with Gasteiger partial charge in [0, 0.05) is 18.5 Å². The predicted molar refractivity (Wildman–Crippen MR) is 92.7 cm³/mol. The molecule has 1 unspecified atom stereocenters. The highest BCUT2D eigenvalue weighted by Crippen LogP contribution is 2.34. The van der Waals surface area contributed by atoms with Crippen molar-refractivity contribution in [1.82, 2.24) is 10.3 Å². The number of nitrogens with zero attached hydrogens (tertiary/aromatic N) is 1. The number of nitrogens with one attached hydrogen (secondary N) is 2. The number of amides is 2. The molecule has 9 nitrogen and oxygen atoms in total. The van der Waals surface area contributed by atoms with Gasteiger partial charge in [0.15, 0.2) is 5.44 Å². The van der Waals surface area contributed by atoms with Crippen molar-refractivity contribution in [3.8, 4) is 0 Å². The molecule has 2 aromatic rings. The highest BCUT2D eigenvalue weighted by molar-refractivity contribution is 7.94. The monoisotopic (exact) mass is 402 g/mol. The second-order valence-corrected chi connectivity index (χ2v) is 9.13. The fourth-order valence-corrected chi connectivity index (χ4v) is 5.66. The molecule has 4 N–H and O–H groups in total. The largest absolute Gasteiger partial charge is 0.366 e. The van der Waals surface area contributed by atoms with E-state index in [9.17, 15) is 18.0 Å². The van der Waals surface area contributed by atoms with E-state index in [0.29, 0.717) is 6.54 Å². The van der Waals surface area contributed by atoms with Crippen molar-refractivity contribution >= 4 is 49.3 Å². The summed E-state index contributed by atoms with van der Waals surface area (Å²) in [5.74, 6) is -1.39. The summed E-state index contributed by atoms with van der Waals surface area (Å²) in [5.41, 5.74) is 5.83. The van der Waals surface area contributed by atoms with E-state index in [1.165, 1.54) is 22.2 Å². The van der Waals surface area contributed by atoms with Gasteiger partial charge >= 0.3 is 0 Å². The van der Waals surface area contributed by atoms with Crippen LogP contribution in [0.3, 0.4) is 0 Å². The lowest BCUT2D eigenvalue weighted by atomic mass is 10.3. The Labute approximate surface area is 151 Å². The van der Waals surface area contributed by atoms with Gasteiger partial charge in [-0.25, -0.2) is 13.4 Å². The molecule has 25 heavy (non-hydrogen) atoms. The Balaban J connectivity index is 1.91. The molecule has 0 aromatic carbocycles. The number of carbonyl (C=O) groups is 2. The third-order valence-corrected chi connectivity index (χ3v) is 7.44. The van der Waals surface area contributed by atoms with Gasteiger partial charge in [-0.05, 0) is 6.07 Å². The van der Waals surface area contributed by atoms with Crippen molar-refractivity contribution < 1.29 is 22.7 Å². The molecule has 1 saturated heterocycles. The van der Waals surface area contributed by atoms with Crippen molar-refractivity contribution in [2.45, 2.75) is 9.65 Å². The number of sulfone groups is 1. The van der Waals surface area contributed by atoms with Crippen LogP contribution >= 0.6 is 22.7 Å². The van der Waals surface area contributed by atoms with Crippen molar-refractivity contribution in [2.24, 2.45) is 5.73 Å². The molecule has 0 aliphatic carbocycles. The normalized spacial score (nSPS) is 18.0. The summed E-state index contributed by atoms with van der Waals surface area (Å²) in [7, 11) is -3.83. The van der Waals surface area contributed by atoms with E-state index in [2.05, 4.69) is 15.6 Å². The molecule has 0 bridgehead atoms. The standard InChI is InChI=1S/C13H14N4O5S3/c14-11(18)7-3-10(25(20,21)9-4-15-1-2-22-9)24-13(7)17-12(19)8-5-23-6-16-8/h3,5-6,9,15H,1-2,4H2,(H2,14,18)(H,17,19). The SMILES string of the molecule is NC(=O)c1cc(S(=O)(=O)C2CNCCO2)sc1NC(=O)c1cscn1. The number of morpholine rings is 1. The van der Waals surface area contributed by atoms with Gasteiger partial charge in [-0.15, -0.1) is 22.7 Å². The Morgan fingerprint density at radius 2 is 2.24 bits per heavy atom. The van der Waals surface area contributed by atoms with Gasteiger partial charge in [0.1, 0.15) is 14.9 Å². The first-order valence-electron chi connectivity index (χ1n) is 7.09. The van der Waals surface area contributed by atoms with E-state index >= 15 is 0 Å². The predicted octanol–water partition coefficient (Wildman–Crippen LogP) is 0.275. The average Bonchev–Trinajstić information content (AvgIpc) is 3.25. The zero-order chi connectivity index (χ0) is 18.0. The number of hydrogen-bond acceptors (Lipinski definition) is 9. The van der Waals surface area contributed by atoms with Gasteiger partial charge in [0.25, 0.3) is 11.8 Å². The summed E-state index contributed by atoms with van der Waals surface area (Å²) >= 11 is 2.00. The van der Waals surface area contributed by atoms with Gasteiger partial charge < -0.3 is 21.1 Å². The highest BCUT2D eigenvalue weighted by atomic mass is 32.2. The maximum absolute atomic E-state index is 12.7. The molecular formula is C13H14N4O5S3. The quantitative estimate of drug-likeness (QED) is 0.652. The fourth-order valence-electron chi connectivity index (χ4n) is 2.15. The molecule has 1 atom stereocenters. The van der Waals surface area contributed by atoms with E-state index < -0.39 is 27.1 Å². The lowest BCUT2D eigenvalue weighted by Gasteiger charge is -2.22. The molecule has 1 fully saturated rings. The van der Waals surface area contributed by atoms with Crippen LogP contribution in [0.2, 0.25) is 0 Å². The molecule has 2 aromatic heterocycles. The Morgan fingerprint density at radius 3 is 2.84 bits per heavy atom. The minimum Gasteiger partial charge on any atom is -0.366 e. The summed E-state index contributed by atoms with van der Waals surface area (Å²) in [5, 5.41) is 7.03. The molecule has 1 aliphatic heterocycles. The van der Waals surface area contributed by atoms with Crippen LogP contribution in [0.5, 0.6) is 0 Å². The Morgan fingerprint density at radius 1 is 1.44 bits per heavy atom. The van der Waals surface area contributed by atoms with Gasteiger partial charge in [0.05, 0.1) is 17.7 Å². The molecule has 3 heterocycles. The van der Waals surface area contributed by atoms with Gasteiger partial charge in [-0.1, -0.05) is 0 Å². The lowest BCUT2D eigenvalue weighted by molar-refractivity contribution is 0.0786. The minimum absolute atomic E-state index is 0.0628. The molecule has 0 radical (unpaired) electrons. The van der Waals surface area contributed by atoms with Crippen molar-refractivity contribution in [1.29, 1.82) is 0 Å². The second kappa shape index (κ2) is 7.17. The summed E-state index contributed by atoms with van der Waals surface area (Å²) < 4.78 is 30.5. The first-order valence-corrected chi connectivity index (χ1v) is 10.4. The van der Waals surface area contributed by atoms with Gasteiger partial charge in [-0.2, -0.15) is 0 Å². The van der Waals surface area contributed by atoms with Crippen molar-refractivity contribution in [3.63, 3.8) is 0 Å². The minimum atomic E-state index is -3.83. The zero-order valence-corrected chi connectivity index (χ0v) is 15.2. The molecule has 1 aliphatic rings. The number of rotatable bonds is 5. The van der Waals surface area contributed by atoms with E-state index in [4.69, 9.17) is 10.5 Å². The third kappa shape index (κ3) is 3.72. The Kier molecular flexibility index (Phi) is 5.15. The molecule has 0 spiro atoms. The number of carbonyl (C=O) groups excluding carboxylic acids is 2. The van der Waals surface area contributed by atoms with Crippen molar-refractivity contribution in [3.05, 3.63) is 28.2 Å². The number of aromatic nitrogens is 1. The zero-order valence-electron chi connectivity index (χ0n) is 12.7. The fraction of sp³-hybridized carbons (Fsp3) is 0.308. The topological polar surface area (TPSA) is 140 Å². The van der Waals surface area contributed by atoms with Crippen LogP contribution in [0, 0.1) is 0 Å². The molecule has 2 amide bonds. The van der Waals surface area contributed by atoms with E-state index in [-0.39, 0.29) is 33.6 Å². The van der Waals surface area contributed by atoms with Crippen LogP contribution in [-0.4, -0.2) is 50.3 Å². The first-order chi connectivity index (χ1) is 11.9. The van der Waals surface area contributed by atoms with Crippen LogP contribution in [0.25, 0.3) is 0 Å². The maximum atomic E-state index is 12.7. The number of hydrogen-bond donors (Lipinski definition) is 3. The number of anilines is 1. The summed E-state index contributed by atoms with van der Waals surface area (Å²) in [6.45, 7) is 0.982. The van der Waals surface area contributed by atoms with Crippen LogP contribution in [0.4, 0.5) is 5.00 Å². The number of ether oxygens (including phenoxy) is 1. The lowest BCUT2D eigenvalue weighted by Crippen LogP contribution is -2.42. The number of thiophene rings is 1. The van der Waals surface area contributed by atoms with Crippen LogP contribution in [0.15, 0.2) is 21.2 Å². The summed E-state index contributed by atoms with van der Waals surface area (Å²) in [4.78, 5) is 27.6. The second-order valence-electron chi connectivity index (χ2n) is 5.05. The maximum Gasteiger partial charge on any atom is 0.275 e. The smallest absolute Gasteiger partial charge is 0.275 e. The summed E-state index contributed by atoms with van der Waals surface area (Å²) in [6.07, 6.45) is 0.